The number of ether oxygens (including phenoxy) is 1. The largest absolute Gasteiger partial charge is 0.378 e. The van der Waals surface area contributed by atoms with Gasteiger partial charge in [0.05, 0.1) is 24.4 Å². The molecule has 0 saturated heterocycles. The van der Waals surface area contributed by atoms with Crippen LogP contribution in [-0.4, -0.2) is 19.4 Å². The number of hydrogen-bond acceptors (Lipinski definition) is 2. The summed E-state index contributed by atoms with van der Waals surface area (Å²) < 4.78 is 18.5. The Morgan fingerprint density at radius 1 is 0.923 bits per heavy atom. The van der Waals surface area contributed by atoms with Crippen LogP contribution in [0.25, 0.3) is 0 Å². The molecule has 0 aromatic heterocycles. The molecule has 2 nitrogen and oxygen atoms in total. The van der Waals surface area contributed by atoms with Gasteiger partial charge < -0.3 is 4.74 Å². The number of rotatable bonds is 7. The van der Waals surface area contributed by atoms with Crippen LogP contribution in [0.5, 0.6) is 0 Å². The SMILES string of the molecule is N#Cc1ccc(C2CCC(COC3CCC(CCCF)CC3)CC2)cc1. The van der Waals surface area contributed by atoms with Gasteiger partial charge in [-0.15, -0.1) is 0 Å². The predicted octanol–water partition coefficient (Wildman–Crippen LogP) is 6.16. The van der Waals surface area contributed by atoms with Gasteiger partial charge in [-0.05, 0) is 99.7 Å². The van der Waals surface area contributed by atoms with Gasteiger partial charge in [0.25, 0.3) is 0 Å². The maximum absolute atomic E-state index is 12.3. The lowest BCUT2D eigenvalue weighted by Crippen LogP contribution is -2.26. The van der Waals surface area contributed by atoms with Crippen LogP contribution >= 0.6 is 0 Å². The fraction of sp³-hybridized carbons (Fsp3) is 0.696. The van der Waals surface area contributed by atoms with E-state index in [0.29, 0.717) is 17.9 Å². The maximum Gasteiger partial charge on any atom is 0.0991 e. The van der Waals surface area contributed by atoms with E-state index in [1.165, 1.54) is 44.1 Å². The van der Waals surface area contributed by atoms with Crippen molar-refractivity contribution in [1.29, 1.82) is 5.26 Å². The second kappa shape index (κ2) is 10.1. The highest BCUT2D eigenvalue weighted by Gasteiger charge is 2.25. The van der Waals surface area contributed by atoms with E-state index < -0.39 is 0 Å². The summed E-state index contributed by atoms with van der Waals surface area (Å²) in [5.41, 5.74) is 2.13. The fourth-order valence-electron chi connectivity index (χ4n) is 4.72. The Kier molecular flexibility index (Phi) is 7.50. The predicted molar refractivity (Wildman–Crippen MR) is 103 cm³/mol. The molecule has 142 valence electrons. The molecular weight excluding hydrogens is 325 g/mol. The van der Waals surface area contributed by atoms with Gasteiger partial charge >= 0.3 is 0 Å². The lowest BCUT2D eigenvalue weighted by molar-refractivity contribution is -0.00853. The molecule has 2 saturated carbocycles. The first kappa shape index (κ1) is 19.4. The Balaban J connectivity index is 1.34. The molecule has 0 radical (unpaired) electrons. The standard InChI is InChI=1S/C23H32FNO/c24-15-1-2-18-7-13-23(14-8-18)26-17-20-5-11-22(12-6-20)21-9-3-19(16-25)4-10-21/h3-4,9-10,18,20,22-23H,1-2,5-8,11-15,17H2. The highest BCUT2D eigenvalue weighted by atomic mass is 19.1. The molecule has 26 heavy (non-hydrogen) atoms. The fourth-order valence-corrected chi connectivity index (χ4v) is 4.72. The average molecular weight is 358 g/mol. The molecule has 3 rings (SSSR count). The smallest absolute Gasteiger partial charge is 0.0991 e. The van der Waals surface area contributed by atoms with E-state index in [4.69, 9.17) is 10.00 Å². The van der Waals surface area contributed by atoms with Gasteiger partial charge in [-0.1, -0.05) is 12.1 Å². The first-order valence-electron chi connectivity index (χ1n) is 10.5. The molecule has 2 fully saturated rings. The summed E-state index contributed by atoms with van der Waals surface area (Å²) >= 11 is 0. The van der Waals surface area contributed by atoms with E-state index in [2.05, 4.69) is 18.2 Å². The Bertz CT molecular complexity index is 563. The summed E-state index contributed by atoms with van der Waals surface area (Å²) in [6.07, 6.45) is 12.0. The third-order valence-corrected chi connectivity index (χ3v) is 6.47. The Hall–Kier alpha value is -1.40. The molecular formula is C23H32FNO. The van der Waals surface area contributed by atoms with Crippen LogP contribution in [0.1, 0.15) is 81.3 Å². The Morgan fingerprint density at radius 2 is 1.58 bits per heavy atom. The number of hydrogen-bond donors (Lipinski definition) is 0. The molecule has 3 heteroatoms. The van der Waals surface area contributed by atoms with E-state index >= 15 is 0 Å². The van der Waals surface area contributed by atoms with Crippen LogP contribution in [0, 0.1) is 23.2 Å². The van der Waals surface area contributed by atoms with Gasteiger partial charge in [0.2, 0.25) is 0 Å². The molecule has 0 atom stereocenters. The first-order valence-corrected chi connectivity index (χ1v) is 10.5. The Labute approximate surface area is 157 Å². The second-order valence-electron chi connectivity index (χ2n) is 8.26. The van der Waals surface area contributed by atoms with Crippen molar-refractivity contribution in [3.63, 3.8) is 0 Å². The third-order valence-electron chi connectivity index (χ3n) is 6.47. The van der Waals surface area contributed by atoms with Crippen molar-refractivity contribution in [1.82, 2.24) is 0 Å². The van der Waals surface area contributed by atoms with Gasteiger partial charge in [-0.2, -0.15) is 5.26 Å². The summed E-state index contributed by atoms with van der Waals surface area (Å²) in [6, 6.07) is 10.3. The van der Waals surface area contributed by atoms with Crippen molar-refractivity contribution in [3.8, 4) is 6.07 Å². The molecule has 0 aliphatic heterocycles. The molecule has 0 heterocycles. The molecule has 0 spiro atoms. The monoisotopic (exact) mass is 357 g/mol. The van der Waals surface area contributed by atoms with E-state index in [9.17, 15) is 4.39 Å². The van der Waals surface area contributed by atoms with Gasteiger partial charge in [-0.3, -0.25) is 4.39 Å². The van der Waals surface area contributed by atoms with Crippen molar-refractivity contribution in [3.05, 3.63) is 35.4 Å². The van der Waals surface area contributed by atoms with Crippen LogP contribution < -0.4 is 0 Å². The molecule has 0 amide bonds. The van der Waals surface area contributed by atoms with Crippen molar-refractivity contribution < 1.29 is 9.13 Å². The van der Waals surface area contributed by atoms with Crippen LogP contribution in [0.3, 0.4) is 0 Å². The Morgan fingerprint density at radius 3 is 2.19 bits per heavy atom. The zero-order valence-electron chi connectivity index (χ0n) is 15.8. The van der Waals surface area contributed by atoms with Crippen LogP contribution in [0.15, 0.2) is 24.3 Å². The zero-order valence-corrected chi connectivity index (χ0v) is 15.8. The van der Waals surface area contributed by atoms with Crippen molar-refractivity contribution >= 4 is 0 Å². The summed E-state index contributed by atoms with van der Waals surface area (Å²) in [4.78, 5) is 0. The van der Waals surface area contributed by atoms with Gasteiger partial charge in [0.15, 0.2) is 0 Å². The minimum absolute atomic E-state index is 0.165. The lowest BCUT2D eigenvalue weighted by Gasteiger charge is -2.32. The van der Waals surface area contributed by atoms with Crippen LogP contribution in [0.2, 0.25) is 0 Å². The summed E-state index contributed by atoms with van der Waals surface area (Å²) in [5, 5.41) is 8.91. The number of nitrogens with zero attached hydrogens (tertiary/aromatic N) is 1. The minimum Gasteiger partial charge on any atom is -0.378 e. The van der Waals surface area contributed by atoms with Crippen molar-refractivity contribution in [2.45, 2.75) is 76.2 Å². The number of halogens is 1. The first-order chi connectivity index (χ1) is 12.8. The second-order valence-corrected chi connectivity index (χ2v) is 8.26. The molecule has 2 aliphatic carbocycles. The zero-order chi connectivity index (χ0) is 18.2. The average Bonchev–Trinajstić information content (AvgIpc) is 2.72. The summed E-state index contributed by atoms with van der Waals surface area (Å²) in [7, 11) is 0. The number of alkyl halides is 1. The molecule has 0 unspecified atom stereocenters. The van der Waals surface area contributed by atoms with Gasteiger partial charge in [-0.25, -0.2) is 0 Å². The summed E-state index contributed by atoms with van der Waals surface area (Å²) in [5.74, 6) is 2.08. The van der Waals surface area contributed by atoms with E-state index in [0.717, 1.165) is 43.8 Å². The quantitative estimate of drug-likeness (QED) is 0.585. The molecule has 2 aliphatic rings. The van der Waals surface area contributed by atoms with Gasteiger partial charge in [0.1, 0.15) is 0 Å². The number of benzene rings is 1. The molecule has 1 aromatic rings. The maximum atomic E-state index is 12.3. The van der Waals surface area contributed by atoms with E-state index in [-0.39, 0.29) is 6.67 Å². The molecule has 0 bridgehead atoms. The molecule has 1 aromatic carbocycles. The van der Waals surface area contributed by atoms with Crippen molar-refractivity contribution in [2.75, 3.05) is 13.3 Å². The van der Waals surface area contributed by atoms with E-state index in [1.54, 1.807) is 0 Å². The van der Waals surface area contributed by atoms with E-state index in [1.807, 2.05) is 12.1 Å². The van der Waals surface area contributed by atoms with Crippen LogP contribution in [0.4, 0.5) is 4.39 Å². The van der Waals surface area contributed by atoms with Crippen LogP contribution in [-0.2, 0) is 4.74 Å². The number of nitriles is 1. The lowest BCUT2D eigenvalue weighted by atomic mass is 9.79. The molecule has 0 N–H and O–H groups in total. The normalized spacial score (nSPS) is 29.2. The highest BCUT2D eigenvalue weighted by Crippen LogP contribution is 2.37. The van der Waals surface area contributed by atoms with Gasteiger partial charge in [0, 0.05) is 6.61 Å². The third kappa shape index (κ3) is 5.55. The summed E-state index contributed by atoms with van der Waals surface area (Å²) in [6.45, 7) is 0.751. The minimum atomic E-state index is -0.165. The van der Waals surface area contributed by atoms with Crippen molar-refractivity contribution in [2.24, 2.45) is 11.8 Å². The topological polar surface area (TPSA) is 33.0 Å². The highest BCUT2D eigenvalue weighted by molar-refractivity contribution is 5.33.